The van der Waals surface area contributed by atoms with Gasteiger partial charge < -0.3 is 9.64 Å². The molecule has 7 heteroatoms. The molecule has 146 valence electrons. The number of likely N-dealkylation sites (tertiary alicyclic amines) is 1. The van der Waals surface area contributed by atoms with Crippen molar-refractivity contribution in [1.82, 2.24) is 4.90 Å². The second-order valence-electron chi connectivity index (χ2n) is 7.27. The number of hydrogen-bond acceptors (Lipinski definition) is 5. The monoisotopic (exact) mass is 398 g/mol. The van der Waals surface area contributed by atoms with Gasteiger partial charge >= 0.3 is 5.97 Å². The predicted octanol–water partition coefficient (Wildman–Crippen LogP) is 2.90. The van der Waals surface area contributed by atoms with Crippen molar-refractivity contribution in [2.24, 2.45) is 10.3 Å². The number of nitrogens with zero attached hydrogens (tertiary/aromatic N) is 2. The van der Waals surface area contributed by atoms with Crippen molar-refractivity contribution in [2.75, 3.05) is 13.1 Å². The van der Waals surface area contributed by atoms with Crippen LogP contribution >= 0.6 is 0 Å². The Hall–Kier alpha value is -2.67. The van der Waals surface area contributed by atoms with Gasteiger partial charge in [0.15, 0.2) is 5.84 Å². The summed E-state index contributed by atoms with van der Waals surface area (Å²) >= 11 is 0. The molecule has 2 heterocycles. The maximum atomic E-state index is 12.6. The van der Waals surface area contributed by atoms with E-state index in [-0.39, 0.29) is 23.4 Å². The van der Waals surface area contributed by atoms with Crippen LogP contribution in [0.4, 0.5) is 0 Å². The average Bonchev–Trinajstić information content (AvgIpc) is 2.98. The molecule has 1 saturated heterocycles. The summed E-state index contributed by atoms with van der Waals surface area (Å²) in [7, 11) is -3.66. The van der Waals surface area contributed by atoms with Gasteiger partial charge in [-0.3, -0.25) is 4.79 Å². The smallest absolute Gasteiger partial charge is 0.311 e. The fraction of sp³-hybridized carbons (Fsp3) is 0.333. The first-order valence-corrected chi connectivity index (χ1v) is 10.8. The third-order valence-electron chi connectivity index (χ3n) is 5.13. The van der Waals surface area contributed by atoms with Gasteiger partial charge in [0, 0.05) is 18.7 Å². The number of benzene rings is 2. The highest BCUT2D eigenvalue weighted by Crippen LogP contribution is 2.30. The summed E-state index contributed by atoms with van der Waals surface area (Å²) in [5.41, 5.74) is 2.69. The van der Waals surface area contributed by atoms with Crippen LogP contribution in [0.2, 0.25) is 0 Å². The molecule has 0 spiro atoms. The Morgan fingerprint density at radius 2 is 2.04 bits per heavy atom. The van der Waals surface area contributed by atoms with E-state index in [2.05, 4.69) is 4.40 Å². The van der Waals surface area contributed by atoms with Crippen LogP contribution in [0.25, 0.3) is 0 Å². The van der Waals surface area contributed by atoms with E-state index in [9.17, 15) is 13.2 Å². The molecule has 0 aliphatic carbocycles. The minimum Gasteiger partial charge on any atom is -0.461 e. The molecule has 2 aliphatic rings. The van der Waals surface area contributed by atoms with Crippen molar-refractivity contribution in [3.05, 3.63) is 65.2 Å². The topological polar surface area (TPSA) is 76.0 Å². The van der Waals surface area contributed by atoms with E-state index in [0.717, 1.165) is 24.0 Å². The van der Waals surface area contributed by atoms with E-state index in [1.807, 2.05) is 36.1 Å². The molecular weight excluding hydrogens is 376 g/mol. The first kappa shape index (κ1) is 18.7. The maximum absolute atomic E-state index is 12.6. The molecule has 0 amide bonds. The summed E-state index contributed by atoms with van der Waals surface area (Å²) < 4.78 is 34.1. The van der Waals surface area contributed by atoms with Gasteiger partial charge in [0.2, 0.25) is 0 Å². The number of piperidine rings is 1. The Morgan fingerprint density at radius 3 is 2.86 bits per heavy atom. The van der Waals surface area contributed by atoms with Crippen LogP contribution in [0.1, 0.15) is 29.5 Å². The van der Waals surface area contributed by atoms with Crippen LogP contribution in [0, 0.1) is 12.8 Å². The summed E-state index contributed by atoms with van der Waals surface area (Å²) in [6.45, 7) is 3.33. The Labute approximate surface area is 164 Å². The zero-order valence-electron chi connectivity index (χ0n) is 15.7. The molecule has 0 bridgehead atoms. The fourth-order valence-electron chi connectivity index (χ4n) is 3.75. The minimum atomic E-state index is -3.66. The molecule has 2 aromatic carbocycles. The van der Waals surface area contributed by atoms with Crippen molar-refractivity contribution in [3.8, 4) is 0 Å². The predicted molar refractivity (Wildman–Crippen MR) is 105 cm³/mol. The lowest BCUT2D eigenvalue weighted by Gasteiger charge is -2.32. The summed E-state index contributed by atoms with van der Waals surface area (Å²) in [5.74, 6) is -0.107. The molecule has 2 aromatic rings. The highest BCUT2D eigenvalue weighted by molar-refractivity contribution is 7.90. The van der Waals surface area contributed by atoms with Crippen LogP contribution in [0.3, 0.4) is 0 Å². The number of sulfonamides is 1. The lowest BCUT2D eigenvalue weighted by molar-refractivity contribution is -0.151. The van der Waals surface area contributed by atoms with Gasteiger partial charge in [-0.1, -0.05) is 42.0 Å². The highest BCUT2D eigenvalue weighted by atomic mass is 32.2. The molecule has 1 unspecified atom stereocenters. The van der Waals surface area contributed by atoms with Gasteiger partial charge in [-0.2, -0.15) is 8.42 Å². The van der Waals surface area contributed by atoms with Gasteiger partial charge in [-0.05, 0) is 37.5 Å². The lowest BCUT2D eigenvalue weighted by Crippen LogP contribution is -2.42. The summed E-state index contributed by atoms with van der Waals surface area (Å²) in [6, 6.07) is 14.7. The van der Waals surface area contributed by atoms with Crippen LogP contribution in [-0.4, -0.2) is 38.2 Å². The molecule has 0 saturated carbocycles. The molecule has 28 heavy (non-hydrogen) atoms. The number of aryl methyl sites for hydroxylation is 1. The Balaban J connectivity index is 1.46. The number of fused-ring (bicyclic) bond motifs is 1. The Morgan fingerprint density at radius 1 is 1.21 bits per heavy atom. The quantitative estimate of drug-likeness (QED) is 0.743. The second kappa shape index (κ2) is 7.39. The van der Waals surface area contributed by atoms with E-state index in [1.54, 1.807) is 24.3 Å². The molecule has 6 nitrogen and oxygen atoms in total. The number of rotatable bonds is 3. The third kappa shape index (κ3) is 3.67. The molecule has 0 aromatic heterocycles. The Kier molecular flexibility index (Phi) is 4.93. The summed E-state index contributed by atoms with van der Waals surface area (Å²) in [5, 5.41) is 0. The van der Waals surface area contributed by atoms with E-state index < -0.39 is 10.0 Å². The number of amidine groups is 1. The van der Waals surface area contributed by atoms with Gasteiger partial charge in [-0.15, -0.1) is 4.40 Å². The number of carbonyl (C=O) groups excluding carboxylic acids is 1. The zero-order valence-corrected chi connectivity index (χ0v) is 16.5. The van der Waals surface area contributed by atoms with Gasteiger partial charge in [-0.25, -0.2) is 0 Å². The zero-order chi connectivity index (χ0) is 19.7. The number of hydrogen-bond donors (Lipinski definition) is 0. The summed E-state index contributed by atoms with van der Waals surface area (Å²) in [4.78, 5) is 14.7. The SMILES string of the molecule is Cc1cccc(COC(=O)C2CCCN(C3=NS(=O)(=O)c4ccccc43)C2)c1. The van der Waals surface area contributed by atoms with E-state index in [1.165, 1.54) is 0 Å². The van der Waals surface area contributed by atoms with Gasteiger partial charge in [0.1, 0.15) is 11.5 Å². The maximum Gasteiger partial charge on any atom is 0.311 e. The van der Waals surface area contributed by atoms with E-state index in [4.69, 9.17) is 4.74 Å². The molecule has 0 N–H and O–H groups in total. The Bertz CT molecular complexity index is 1050. The van der Waals surface area contributed by atoms with E-state index >= 15 is 0 Å². The largest absolute Gasteiger partial charge is 0.461 e. The number of carbonyl (C=O) groups is 1. The van der Waals surface area contributed by atoms with Crippen molar-refractivity contribution < 1.29 is 17.9 Å². The van der Waals surface area contributed by atoms with Crippen molar-refractivity contribution >= 4 is 21.8 Å². The molecule has 4 rings (SSSR count). The molecule has 1 fully saturated rings. The molecule has 2 aliphatic heterocycles. The summed E-state index contributed by atoms with van der Waals surface area (Å²) in [6.07, 6.45) is 1.51. The molecular formula is C21H22N2O4S. The number of esters is 1. The average molecular weight is 398 g/mol. The lowest BCUT2D eigenvalue weighted by atomic mass is 9.97. The standard InChI is InChI=1S/C21H22N2O4S/c1-15-6-4-7-16(12-15)14-27-21(24)17-8-5-11-23(13-17)20-18-9-2-3-10-19(18)28(25,26)22-20/h2-4,6-7,9-10,12,17H,5,8,11,13-14H2,1H3. The van der Waals surface area contributed by atoms with Crippen molar-refractivity contribution in [1.29, 1.82) is 0 Å². The molecule has 1 atom stereocenters. The van der Waals surface area contributed by atoms with Gasteiger partial charge in [0.25, 0.3) is 10.0 Å². The van der Waals surface area contributed by atoms with Crippen molar-refractivity contribution in [3.63, 3.8) is 0 Å². The van der Waals surface area contributed by atoms with Crippen LogP contribution < -0.4 is 0 Å². The van der Waals surface area contributed by atoms with E-state index in [0.29, 0.717) is 24.5 Å². The highest BCUT2D eigenvalue weighted by Gasteiger charge is 2.35. The second-order valence-corrected chi connectivity index (χ2v) is 8.84. The minimum absolute atomic E-state index is 0.231. The van der Waals surface area contributed by atoms with Crippen LogP contribution in [-0.2, 0) is 26.2 Å². The fourth-order valence-corrected chi connectivity index (χ4v) is 4.98. The van der Waals surface area contributed by atoms with Crippen LogP contribution in [0.5, 0.6) is 0 Å². The number of ether oxygens (including phenoxy) is 1. The molecule has 0 radical (unpaired) electrons. The first-order valence-electron chi connectivity index (χ1n) is 9.35. The first-order chi connectivity index (χ1) is 13.4. The van der Waals surface area contributed by atoms with Crippen LogP contribution in [0.15, 0.2) is 57.8 Å². The van der Waals surface area contributed by atoms with Gasteiger partial charge in [0.05, 0.1) is 5.92 Å². The third-order valence-corrected chi connectivity index (χ3v) is 6.46. The normalized spacial score (nSPS) is 20.4. The van der Waals surface area contributed by atoms with Crippen molar-refractivity contribution in [2.45, 2.75) is 31.3 Å².